The molecule has 2 aliphatic rings. The highest BCUT2D eigenvalue weighted by Gasteiger charge is 2.51. The van der Waals surface area contributed by atoms with E-state index >= 15 is 0 Å². The van der Waals surface area contributed by atoms with Gasteiger partial charge in [-0.2, -0.15) is 0 Å². The second-order valence-corrected chi connectivity index (χ2v) is 8.75. The second kappa shape index (κ2) is 8.67. The zero-order chi connectivity index (χ0) is 23.7. The number of hydrogen-bond donors (Lipinski definition) is 3. The molecule has 34 heavy (non-hydrogen) atoms. The van der Waals surface area contributed by atoms with Crippen molar-refractivity contribution in [1.29, 1.82) is 0 Å². The Morgan fingerprint density at radius 1 is 0.882 bits per heavy atom. The number of ether oxygens (including phenoxy) is 1. The van der Waals surface area contributed by atoms with Crippen LogP contribution in [0.5, 0.6) is 0 Å². The van der Waals surface area contributed by atoms with Crippen LogP contribution >= 0.6 is 0 Å². The molecule has 7 nitrogen and oxygen atoms in total. The summed E-state index contributed by atoms with van der Waals surface area (Å²) in [5, 5.41) is 14.4. The Hall–Kier alpha value is -4.13. The summed E-state index contributed by atoms with van der Waals surface area (Å²) in [5.74, 6) is -1.28. The number of hydrogen-bond acceptors (Lipinski definition) is 4. The van der Waals surface area contributed by atoms with Crippen LogP contribution < -0.4 is 10.6 Å². The minimum Gasteiger partial charge on any atom is -0.481 e. The molecule has 1 saturated carbocycles. The maximum absolute atomic E-state index is 12.8. The third-order valence-corrected chi connectivity index (χ3v) is 6.44. The number of amides is 2. The summed E-state index contributed by atoms with van der Waals surface area (Å²) >= 11 is 0. The van der Waals surface area contributed by atoms with Gasteiger partial charge in [0.05, 0.1) is 6.42 Å². The zero-order valence-electron chi connectivity index (χ0n) is 18.4. The van der Waals surface area contributed by atoms with Crippen molar-refractivity contribution in [3.63, 3.8) is 0 Å². The number of aliphatic carboxylic acids is 1. The molecular weight excluding hydrogens is 432 g/mol. The quantitative estimate of drug-likeness (QED) is 0.491. The highest BCUT2D eigenvalue weighted by molar-refractivity contribution is 6.02. The fourth-order valence-corrected chi connectivity index (χ4v) is 4.49. The van der Waals surface area contributed by atoms with E-state index in [-0.39, 0.29) is 24.9 Å². The first-order chi connectivity index (χ1) is 16.4. The fraction of sp³-hybridized carbons (Fsp3) is 0.222. The molecule has 3 aromatic carbocycles. The predicted octanol–water partition coefficient (Wildman–Crippen LogP) is 4.32. The number of carboxylic acids is 1. The first kappa shape index (κ1) is 21.7. The lowest BCUT2D eigenvalue weighted by molar-refractivity contribution is -0.136. The smallest absolute Gasteiger partial charge is 0.408 e. The van der Waals surface area contributed by atoms with Crippen LogP contribution in [0.25, 0.3) is 11.1 Å². The summed E-state index contributed by atoms with van der Waals surface area (Å²) in [5.41, 5.74) is 4.76. The summed E-state index contributed by atoms with van der Waals surface area (Å²) in [6, 6.07) is 22.8. The lowest BCUT2D eigenvalue weighted by atomic mass is 9.98. The molecule has 0 saturated heterocycles. The molecule has 0 aliphatic heterocycles. The van der Waals surface area contributed by atoms with Crippen molar-refractivity contribution < 1.29 is 24.2 Å². The van der Waals surface area contributed by atoms with E-state index in [0.717, 1.165) is 22.3 Å². The summed E-state index contributed by atoms with van der Waals surface area (Å²) < 4.78 is 5.58. The van der Waals surface area contributed by atoms with Crippen molar-refractivity contribution >= 4 is 23.7 Å². The predicted molar refractivity (Wildman–Crippen MR) is 127 cm³/mol. The largest absolute Gasteiger partial charge is 0.481 e. The number of rotatable bonds is 7. The highest BCUT2D eigenvalue weighted by Crippen LogP contribution is 2.44. The number of alkyl carbamates (subject to hydrolysis) is 1. The molecule has 2 amide bonds. The van der Waals surface area contributed by atoms with Gasteiger partial charge < -0.3 is 20.5 Å². The minimum absolute atomic E-state index is 0.0496. The number of benzene rings is 3. The second-order valence-electron chi connectivity index (χ2n) is 8.75. The molecule has 3 N–H and O–H groups in total. The van der Waals surface area contributed by atoms with Gasteiger partial charge in [0, 0.05) is 11.6 Å². The third kappa shape index (κ3) is 4.24. The Kier molecular flexibility index (Phi) is 5.53. The molecule has 2 aliphatic carbocycles. The SMILES string of the molecule is O=C(O)Cc1ccc(NC(=O)C2(NC(=O)OCC3c4ccccc4-c4ccccc43)CC2)cc1. The fourth-order valence-electron chi connectivity index (χ4n) is 4.49. The normalized spacial score (nSPS) is 15.1. The number of carboxylic acid groups (broad SMARTS) is 1. The molecule has 0 unspecified atom stereocenters. The van der Waals surface area contributed by atoms with E-state index < -0.39 is 17.6 Å². The van der Waals surface area contributed by atoms with Gasteiger partial charge in [0.1, 0.15) is 12.1 Å². The number of carbonyl (C=O) groups excluding carboxylic acids is 2. The third-order valence-electron chi connectivity index (χ3n) is 6.44. The van der Waals surface area contributed by atoms with Crippen LogP contribution in [0.1, 0.15) is 35.4 Å². The highest BCUT2D eigenvalue weighted by atomic mass is 16.5. The first-order valence-corrected chi connectivity index (χ1v) is 11.2. The zero-order valence-corrected chi connectivity index (χ0v) is 18.4. The van der Waals surface area contributed by atoms with E-state index in [1.54, 1.807) is 24.3 Å². The molecule has 0 radical (unpaired) electrons. The van der Waals surface area contributed by atoms with E-state index in [4.69, 9.17) is 9.84 Å². The lowest BCUT2D eigenvalue weighted by Gasteiger charge is -2.19. The van der Waals surface area contributed by atoms with Crippen molar-refractivity contribution in [2.75, 3.05) is 11.9 Å². The van der Waals surface area contributed by atoms with Crippen molar-refractivity contribution in [3.05, 3.63) is 89.5 Å². The molecule has 172 valence electrons. The van der Waals surface area contributed by atoms with E-state index in [1.165, 1.54) is 0 Å². The Morgan fingerprint density at radius 2 is 1.47 bits per heavy atom. The van der Waals surface area contributed by atoms with E-state index in [0.29, 0.717) is 24.1 Å². The van der Waals surface area contributed by atoms with Gasteiger partial charge in [0.15, 0.2) is 0 Å². The van der Waals surface area contributed by atoms with Crippen molar-refractivity contribution in [2.24, 2.45) is 0 Å². The minimum atomic E-state index is -0.984. The Labute approximate surface area is 196 Å². The molecule has 0 atom stereocenters. The van der Waals surface area contributed by atoms with Crippen LogP contribution in [0.4, 0.5) is 10.5 Å². The van der Waals surface area contributed by atoms with Gasteiger partial charge in [-0.25, -0.2) is 4.79 Å². The van der Waals surface area contributed by atoms with Crippen LogP contribution in [-0.4, -0.2) is 35.2 Å². The Morgan fingerprint density at radius 3 is 2.03 bits per heavy atom. The average molecular weight is 456 g/mol. The summed E-state index contributed by atoms with van der Waals surface area (Å²) in [7, 11) is 0. The molecule has 0 aromatic heterocycles. The number of nitrogens with one attached hydrogen (secondary N) is 2. The average Bonchev–Trinajstić information content (AvgIpc) is 3.54. The lowest BCUT2D eigenvalue weighted by Crippen LogP contribution is -2.46. The van der Waals surface area contributed by atoms with Crippen LogP contribution in [-0.2, 0) is 20.7 Å². The van der Waals surface area contributed by atoms with Gasteiger partial charge in [-0.15, -0.1) is 0 Å². The molecule has 1 fully saturated rings. The molecule has 3 aromatic rings. The Balaban J connectivity index is 1.20. The number of carbonyl (C=O) groups is 3. The number of fused-ring (bicyclic) bond motifs is 3. The van der Waals surface area contributed by atoms with Gasteiger partial charge in [-0.05, 0) is 52.8 Å². The first-order valence-electron chi connectivity index (χ1n) is 11.2. The van der Waals surface area contributed by atoms with Crippen molar-refractivity contribution in [2.45, 2.75) is 30.7 Å². The molecule has 0 bridgehead atoms. The van der Waals surface area contributed by atoms with Gasteiger partial charge in [0.2, 0.25) is 5.91 Å². The summed E-state index contributed by atoms with van der Waals surface area (Å²) in [6.07, 6.45) is 0.355. The number of anilines is 1. The maximum Gasteiger partial charge on any atom is 0.408 e. The van der Waals surface area contributed by atoms with E-state index in [2.05, 4.69) is 34.9 Å². The van der Waals surface area contributed by atoms with Gasteiger partial charge in [-0.3, -0.25) is 9.59 Å². The molecule has 5 rings (SSSR count). The van der Waals surface area contributed by atoms with Gasteiger partial charge in [0.25, 0.3) is 0 Å². The Bertz CT molecular complexity index is 1220. The van der Waals surface area contributed by atoms with Crippen LogP contribution in [0.15, 0.2) is 72.8 Å². The van der Waals surface area contributed by atoms with Crippen molar-refractivity contribution in [3.8, 4) is 11.1 Å². The van der Waals surface area contributed by atoms with Crippen LogP contribution in [0, 0.1) is 0 Å². The van der Waals surface area contributed by atoms with E-state index in [1.807, 2.05) is 24.3 Å². The van der Waals surface area contributed by atoms with Gasteiger partial charge in [-0.1, -0.05) is 60.7 Å². The standard InChI is InChI=1S/C27H24N2O5/c30-24(31)15-17-9-11-18(12-10-17)28-25(32)27(13-14-27)29-26(33)34-16-23-21-7-3-1-5-19(21)20-6-2-4-8-22(20)23/h1-12,23H,13-16H2,(H,28,32)(H,29,33)(H,30,31). The summed E-state index contributed by atoms with van der Waals surface area (Å²) in [4.78, 5) is 36.2. The monoisotopic (exact) mass is 456 g/mol. The molecule has 0 spiro atoms. The topological polar surface area (TPSA) is 105 Å². The summed E-state index contributed by atoms with van der Waals surface area (Å²) in [6.45, 7) is 0.183. The molecule has 7 heteroatoms. The maximum atomic E-state index is 12.8. The molecule has 0 heterocycles. The van der Waals surface area contributed by atoms with Crippen LogP contribution in [0.3, 0.4) is 0 Å². The van der Waals surface area contributed by atoms with Gasteiger partial charge >= 0.3 is 12.1 Å². The van der Waals surface area contributed by atoms with E-state index in [9.17, 15) is 14.4 Å². The van der Waals surface area contributed by atoms with Crippen molar-refractivity contribution in [1.82, 2.24) is 5.32 Å². The van der Waals surface area contributed by atoms with Crippen LogP contribution in [0.2, 0.25) is 0 Å². The molecular formula is C27H24N2O5.